The number of hydrogen-bond donors (Lipinski definition) is 1. The van der Waals surface area contributed by atoms with E-state index in [4.69, 9.17) is 4.74 Å². The van der Waals surface area contributed by atoms with E-state index in [1.165, 1.54) is 0 Å². The van der Waals surface area contributed by atoms with E-state index in [0.717, 1.165) is 32.5 Å². The summed E-state index contributed by atoms with van der Waals surface area (Å²) in [5.41, 5.74) is 0. The molecule has 1 atom stereocenters. The zero-order chi connectivity index (χ0) is 12.7. The highest BCUT2D eigenvalue weighted by Crippen LogP contribution is 2.11. The number of ether oxygens (including phenoxy) is 1. The van der Waals surface area contributed by atoms with E-state index in [-0.39, 0.29) is 6.09 Å². The van der Waals surface area contributed by atoms with Crippen LogP contribution in [0.1, 0.15) is 19.8 Å². The van der Waals surface area contributed by atoms with Crippen LogP contribution in [-0.2, 0) is 15.5 Å². The first kappa shape index (κ1) is 14.4. The van der Waals surface area contributed by atoms with Crippen LogP contribution in [0.3, 0.4) is 0 Å². The molecule has 5 nitrogen and oxygen atoms in total. The van der Waals surface area contributed by atoms with E-state index >= 15 is 0 Å². The molecule has 6 heteroatoms. The van der Waals surface area contributed by atoms with Crippen LogP contribution in [0.15, 0.2) is 0 Å². The number of carbonyl (C=O) groups is 1. The standard InChI is InChI=1S/C11H22N2O3S/c1-3-16-11(14)13-7-4-10(5-8-13)12-6-9-17(2)15/h10,12H,3-9H2,1-2H3. The van der Waals surface area contributed by atoms with E-state index in [2.05, 4.69) is 5.32 Å². The van der Waals surface area contributed by atoms with E-state index in [9.17, 15) is 9.00 Å². The second kappa shape index (κ2) is 7.66. The number of carbonyl (C=O) groups excluding carboxylic acids is 1. The fraction of sp³-hybridized carbons (Fsp3) is 0.909. The van der Waals surface area contributed by atoms with Gasteiger partial charge in [0.15, 0.2) is 0 Å². The van der Waals surface area contributed by atoms with Crippen molar-refractivity contribution in [1.82, 2.24) is 10.2 Å². The number of likely N-dealkylation sites (tertiary alicyclic amines) is 1. The van der Waals surface area contributed by atoms with Gasteiger partial charge in [-0.05, 0) is 19.8 Å². The number of hydrogen-bond acceptors (Lipinski definition) is 4. The number of nitrogens with one attached hydrogen (secondary N) is 1. The largest absolute Gasteiger partial charge is 0.450 e. The van der Waals surface area contributed by atoms with Crippen molar-refractivity contribution in [2.45, 2.75) is 25.8 Å². The molecule has 1 amide bonds. The Labute approximate surface area is 105 Å². The Balaban J connectivity index is 2.17. The average molecular weight is 262 g/mol. The van der Waals surface area contributed by atoms with Gasteiger partial charge < -0.3 is 15.0 Å². The summed E-state index contributed by atoms with van der Waals surface area (Å²) in [6.07, 6.45) is 3.38. The Morgan fingerprint density at radius 2 is 2.12 bits per heavy atom. The highest BCUT2D eigenvalue weighted by molar-refractivity contribution is 7.84. The molecule has 1 fully saturated rings. The summed E-state index contributed by atoms with van der Waals surface area (Å²) in [6.45, 7) is 4.51. The van der Waals surface area contributed by atoms with Crippen molar-refractivity contribution in [2.24, 2.45) is 0 Å². The highest BCUT2D eigenvalue weighted by atomic mass is 32.2. The average Bonchev–Trinajstić information content (AvgIpc) is 2.30. The Kier molecular flexibility index (Phi) is 6.50. The van der Waals surface area contributed by atoms with Crippen LogP contribution in [0.4, 0.5) is 4.79 Å². The van der Waals surface area contributed by atoms with Gasteiger partial charge >= 0.3 is 6.09 Å². The first-order valence-corrected chi connectivity index (χ1v) is 7.81. The predicted molar refractivity (Wildman–Crippen MR) is 68.6 cm³/mol. The summed E-state index contributed by atoms with van der Waals surface area (Å²) in [7, 11) is -0.734. The maximum Gasteiger partial charge on any atom is 0.409 e. The Hall–Kier alpha value is -0.620. The third-order valence-corrected chi connectivity index (χ3v) is 3.62. The molecule has 17 heavy (non-hydrogen) atoms. The minimum Gasteiger partial charge on any atom is -0.450 e. The van der Waals surface area contributed by atoms with Crippen molar-refractivity contribution < 1.29 is 13.7 Å². The van der Waals surface area contributed by atoms with Crippen molar-refractivity contribution in [3.05, 3.63) is 0 Å². The molecule has 0 radical (unpaired) electrons. The highest BCUT2D eigenvalue weighted by Gasteiger charge is 2.22. The van der Waals surface area contributed by atoms with Gasteiger partial charge in [0.2, 0.25) is 0 Å². The van der Waals surface area contributed by atoms with Gasteiger partial charge in [-0.15, -0.1) is 0 Å². The van der Waals surface area contributed by atoms with Crippen molar-refractivity contribution in [1.29, 1.82) is 0 Å². The maximum absolute atomic E-state index is 11.5. The quantitative estimate of drug-likeness (QED) is 0.787. The fourth-order valence-electron chi connectivity index (χ4n) is 1.89. The van der Waals surface area contributed by atoms with Gasteiger partial charge in [-0.25, -0.2) is 4.79 Å². The summed E-state index contributed by atoms with van der Waals surface area (Å²) in [4.78, 5) is 13.2. The zero-order valence-electron chi connectivity index (χ0n) is 10.6. The predicted octanol–water partition coefficient (Wildman–Crippen LogP) is 0.575. The van der Waals surface area contributed by atoms with Gasteiger partial charge in [0, 0.05) is 48.5 Å². The van der Waals surface area contributed by atoms with Crippen LogP contribution >= 0.6 is 0 Å². The van der Waals surface area contributed by atoms with Gasteiger partial charge in [-0.2, -0.15) is 0 Å². The van der Waals surface area contributed by atoms with Crippen LogP contribution in [0.5, 0.6) is 0 Å². The van der Waals surface area contributed by atoms with Crippen LogP contribution < -0.4 is 5.32 Å². The topological polar surface area (TPSA) is 58.6 Å². The Morgan fingerprint density at radius 3 is 2.65 bits per heavy atom. The molecule has 1 saturated heterocycles. The molecule has 1 rings (SSSR count). The summed E-state index contributed by atoms with van der Waals surface area (Å²) >= 11 is 0. The van der Waals surface area contributed by atoms with E-state index in [0.29, 0.717) is 18.4 Å². The number of nitrogens with zero attached hydrogens (tertiary/aromatic N) is 1. The molecule has 1 aliphatic heterocycles. The minimum atomic E-state index is -0.734. The smallest absolute Gasteiger partial charge is 0.409 e. The van der Waals surface area contributed by atoms with Gasteiger partial charge in [-0.3, -0.25) is 4.21 Å². The van der Waals surface area contributed by atoms with Crippen LogP contribution in [-0.4, -0.2) is 59.5 Å². The van der Waals surface area contributed by atoms with Crippen molar-refractivity contribution in [2.75, 3.05) is 38.2 Å². The monoisotopic (exact) mass is 262 g/mol. The van der Waals surface area contributed by atoms with Gasteiger partial charge in [0.25, 0.3) is 0 Å². The maximum atomic E-state index is 11.5. The van der Waals surface area contributed by atoms with E-state index < -0.39 is 10.8 Å². The van der Waals surface area contributed by atoms with Crippen LogP contribution in [0, 0.1) is 0 Å². The third-order valence-electron chi connectivity index (χ3n) is 2.84. The second-order valence-corrected chi connectivity index (χ2v) is 5.75. The van der Waals surface area contributed by atoms with Crippen LogP contribution in [0.2, 0.25) is 0 Å². The molecule has 0 aromatic rings. The molecule has 100 valence electrons. The molecule has 0 aromatic heterocycles. The molecule has 0 aromatic carbocycles. The number of rotatable bonds is 5. The molecule has 0 aliphatic carbocycles. The van der Waals surface area contributed by atoms with Gasteiger partial charge in [0.1, 0.15) is 0 Å². The summed E-state index contributed by atoms with van der Waals surface area (Å²) in [6, 6.07) is 0.434. The second-order valence-electron chi connectivity index (χ2n) is 4.19. The molecule has 1 unspecified atom stereocenters. The van der Waals surface area contributed by atoms with Crippen molar-refractivity contribution in [3.8, 4) is 0 Å². The number of amides is 1. The summed E-state index contributed by atoms with van der Waals surface area (Å²) < 4.78 is 15.9. The van der Waals surface area contributed by atoms with Crippen molar-refractivity contribution in [3.63, 3.8) is 0 Å². The molecule has 0 spiro atoms. The van der Waals surface area contributed by atoms with Crippen molar-refractivity contribution >= 4 is 16.9 Å². The molecular weight excluding hydrogens is 240 g/mol. The first-order chi connectivity index (χ1) is 8.13. The Morgan fingerprint density at radius 1 is 1.47 bits per heavy atom. The summed E-state index contributed by atoms with van der Waals surface area (Å²) in [5, 5.41) is 3.37. The molecule has 1 heterocycles. The third kappa shape index (κ3) is 5.50. The molecular formula is C11H22N2O3S. The molecule has 1 N–H and O–H groups in total. The summed E-state index contributed by atoms with van der Waals surface area (Å²) in [5.74, 6) is 0.693. The molecule has 1 aliphatic rings. The zero-order valence-corrected chi connectivity index (χ0v) is 11.4. The fourth-order valence-corrected chi connectivity index (χ4v) is 2.29. The van der Waals surface area contributed by atoms with E-state index in [1.807, 2.05) is 6.92 Å². The lowest BCUT2D eigenvalue weighted by atomic mass is 10.1. The lowest BCUT2D eigenvalue weighted by Crippen LogP contribution is -2.45. The Bertz CT molecular complexity index is 265. The lowest BCUT2D eigenvalue weighted by molar-refractivity contribution is 0.0953. The lowest BCUT2D eigenvalue weighted by Gasteiger charge is -2.31. The SMILES string of the molecule is CCOC(=O)N1CCC(NCCS(C)=O)CC1. The van der Waals surface area contributed by atoms with Gasteiger partial charge in [-0.1, -0.05) is 0 Å². The van der Waals surface area contributed by atoms with Gasteiger partial charge in [0.05, 0.1) is 6.61 Å². The van der Waals surface area contributed by atoms with Crippen LogP contribution in [0.25, 0.3) is 0 Å². The normalized spacial score (nSPS) is 19.1. The number of piperidine rings is 1. The first-order valence-electron chi connectivity index (χ1n) is 6.08. The molecule has 0 bridgehead atoms. The van der Waals surface area contributed by atoms with E-state index in [1.54, 1.807) is 11.2 Å². The molecule has 0 saturated carbocycles. The minimum absolute atomic E-state index is 0.208.